The number of benzene rings is 1. The quantitative estimate of drug-likeness (QED) is 0.558. The summed E-state index contributed by atoms with van der Waals surface area (Å²) in [6.45, 7) is 2.57. The average molecular weight is 328 g/mol. The number of fused-ring (bicyclic) bond motifs is 1. The van der Waals surface area contributed by atoms with Crippen LogP contribution in [0.25, 0.3) is 4.96 Å². The Labute approximate surface area is 137 Å². The summed E-state index contributed by atoms with van der Waals surface area (Å²) in [7, 11) is 0. The molecule has 0 aliphatic heterocycles. The number of rotatable bonds is 6. The number of hydrazone groups is 1. The number of hydrogen-bond donors (Lipinski definition) is 1. The van der Waals surface area contributed by atoms with Crippen molar-refractivity contribution in [2.75, 3.05) is 6.61 Å². The van der Waals surface area contributed by atoms with Crippen LogP contribution in [0.2, 0.25) is 0 Å². The average Bonchev–Trinajstić information content (AvgIpc) is 3.10. The van der Waals surface area contributed by atoms with Crippen molar-refractivity contribution in [3.63, 3.8) is 0 Å². The topological polar surface area (TPSA) is 68.0 Å². The molecule has 0 saturated heterocycles. The van der Waals surface area contributed by atoms with Crippen molar-refractivity contribution in [2.45, 2.75) is 13.3 Å². The van der Waals surface area contributed by atoms with Gasteiger partial charge >= 0.3 is 0 Å². The molecule has 3 aromatic rings. The van der Waals surface area contributed by atoms with Gasteiger partial charge in [0.05, 0.1) is 24.9 Å². The first-order valence-electron chi connectivity index (χ1n) is 7.20. The molecule has 1 N–H and O–H groups in total. The molecule has 0 atom stereocenters. The molecule has 0 aliphatic carbocycles. The Kier molecular flexibility index (Phi) is 4.68. The van der Waals surface area contributed by atoms with E-state index in [1.54, 1.807) is 6.21 Å². The number of thiazole rings is 1. The first-order valence-corrected chi connectivity index (χ1v) is 8.08. The van der Waals surface area contributed by atoms with Crippen LogP contribution in [0.4, 0.5) is 0 Å². The molecular formula is C16H16N4O2S. The summed E-state index contributed by atoms with van der Waals surface area (Å²) in [6, 6.07) is 7.49. The second-order valence-electron chi connectivity index (χ2n) is 4.80. The fourth-order valence-corrected chi connectivity index (χ4v) is 2.78. The van der Waals surface area contributed by atoms with E-state index in [1.165, 1.54) is 11.3 Å². The van der Waals surface area contributed by atoms with Crippen molar-refractivity contribution in [1.82, 2.24) is 14.8 Å². The maximum absolute atomic E-state index is 11.8. The van der Waals surface area contributed by atoms with Gasteiger partial charge in [0.2, 0.25) is 5.91 Å². The zero-order valence-corrected chi connectivity index (χ0v) is 13.4. The van der Waals surface area contributed by atoms with Crippen molar-refractivity contribution < 1.29 is 9.53 Å². The minimum atomic E-state index is -0.196. The summed E-state index contributed by atoms with van der Waals surface area (Å²) in [5.41, 5.74) is 4.12. The van der Waals surface area contributed by atoms with E-state index in [0.29, 0.717) is 6.61 Å². The first kappa shape index (κ1) is 15.2. The number of aromatic nitrogens is 2. The first-order chi connectivity index (χ1) is 11.2. The molecule has 1 amide bonds. The summed E-state index contributed by atoms with van der Waals surface area (Å²) in [4.78, 5) is 17.1. The lowest BCUT2D eigenvalue weighted by atomic mass is 10.2. The lowest BCUT2D eigenvalue weighted by Crippen LogP contribution is -2.19. The van der Waals surface area contributed by atoms with E-state index < -0.39 is 0 Å². The molecule has 7 heteroatoms. The molecule has 118 valence electrons. The number of imidazole rings is 1. The van der Waals surface area contributed by atoms with Gasteiger partial charge in [0.15, 0.2) is 4.96 Å². The highest BCUT2D eigenvalue weighted by Crippen LogP contribution is 2.12. The molecule has 0 saturated carbocycles. The predicted octanol–water partition coefficient (Wildman–Crippen LogP) is 2.49. The maximum Gasteiger partial charge on any atom is 0.246 e. The summed E-state index contributed by atoms with van der Waals surface area (Å²) < 4.78 is 7.27. The van der Waals surface area contributed by atoms with Gasteiger partial charge in [0, 0.05) is 17.8 Å². The van der Waals surface area contributed by atoms with E-state index >= 15 is 0 Å². The molecule has 0 spiro atoms. The summed E-state index contributed by atoms with van der Waals surface area (Å²) >= 11 is 1.54. The third-order valence-corrected chi connectivity index (χ3v) is 3.85. The molecule has 6 nitrogen and oxygen atoms in total. The molecule has 1 aromatic carbocycles. The van der Waals surface area contributed by atoms with Gasteiger partial charge in [-0.25, -0.2) is 10.4 Å². The van der Waals surface area contributed by atoms with Crippen LogP contribution in [0.3, 0.4) is 0 Å². The lowest BCUT2D eigenvalue weighted by Gasteiger charge is -2.02. The molecule has 0 fully saturated rings. The van der Waals surface area contributed by atoms with Crippen LogP contribution >= 0.6 is 11.3 Å². The van der Waals surface area contributed by atoms with Gasteiger partial charge in [-0.2, -0.15) is 5.10 Å². The van der Waals surface area contributed by atoms with Gasteiger partial charge in [-0.15, -0.1) is 11.3 Å². The van der Waals surface area contributed by atoms with Gasteiger partial charge in [-0.1, -0.05) is 0 Å². The van der Waals surface area contributed by atoms with Gasteiger partial charge < -0.3 is 4.74 Å². The van der Waals surface area contributed by atoms with Crippen LogP contribution in [0, 0.1) is 0 Å². The van der Waals surface area contributed by atoms with E-state index in [0.717, 1.165) is 22.0 Å². The standard InChI is InChI=1S/C16H16N4O2S/c1-2-22-14-5-3-12(4-6-14)10-17-19-15(21)9-13-11-20-7-8-23-16(20)18-13/h3-8,10-11H,2,9H2,1H3,(H,19,21)/b17-10+. The number of ether oxygens (including phenoxy) is 1. The third kappa shape index (κ3) is 3.95. The van der Waals surface area contributed by atoms with E-state index in [-0.39, 0.29) is 12.3 Å². The Morgan fingerprint density at radius 2 is 2.26 bits per heavy atom. The Morgan fingerprint density at radius 3 is 3.00 bits per heavy atom. The number of hydrogen-bond acceptors (Lipinski definition) is 5. The molecule has 0 aliphatic rings. The smallest absolute Gasteiger partial charge is 0.246 e. The fourth-order valence-electron chi connectivity index (χ4n) is 2.06. The van der Waals surface area contributed by atoms with Crippen molar-refractivity contribution in [3.8, 4) is 5.75 Å². The number of nitrogens with one attached hydrogen (secondary N) is 1. The van der Waals surface area contributed by atoms with Crippen LogP contribution in [-0.2, 0) is 11.2 Å². The molecule has 0 bridgehead atoms. The number of carbonyl (C=O) groups excluding carboxylic acids is 1. The molecule has 2 aromatic heterocycles. The van der Waals surface area contributed by atoms with Gasteiger partial charge in [-0.05, 0) is 36.8 Å². The molecule has 2 heterocycles. The normalized spacial score (nSPS) is 11.2. The van der Waals surface area contributed by atoms with E-state index in [1.807, 2.05) is 53.4 Å². The zero-order valence-electron chi connectivity index (χ0n) is 12.6. The van der Waals surface area contributed by atoms with E-state index in [4.69, 9.17) is 4.74 Å². The van der Waals surface area contributed by atoms with Crippen molar-refractivity contribution >= 4 is 28.4 Å². The predicted molar refractivity (Wildman–Crippen MR) is 90.1 cm³/mol. The highest BCUT2D eigenvalue weighted by molar-refractivity contribution is 7.15. The number of amides is 1. The Bertz CT molecular complexity index is 792. The van der Waals surface area contributed by atoms with Crippen molar-refractivity contribution in [2.24, 2.45) is 5.10 Å². The molecule has 23 heavy (non-hydrogen) atoms. The van der Waals surface area contributed by atoms with Gasteiger partial charge in [-0.3, -0.25) is 9.20 Å². The molecule has 0 radical (unpaired) electrons. The Hall–Kier alpha value is -2.67. The highest BCUT2D eigenvalue weighted by atomic mass is 32.1. The number of nitrogens with zero attached hydrogens (tertiary/aromatic N) is 3. The van der Waals surface area contributed by atoms with E-state index in [9.17, 15) is 4.79 Å². The lowest BCUT2D eigenvalue weighted by molar-refractivity contribution is -0.120. The summed E-state index contributed by atoms with van der Waals surface area (Å²) in [5.74, 6) is 0.617. The zero-order chi connectivity index (χ0) is 16.1. The van der Waals surface area contributed by atoms with Crippen LogP contribution in [0.5, 0.6) is 5.75 Å². The second-order valence-corrected chi connectivity index (χ2v) is 5.67. The van der Waals surface area contributed by atoms with Crippen LogP contribution in [-0.4, -0.2) is 28.1 Å². The Balaban J connectivity index is 1.52. The van der Waals surface area contributed by atoms with Gasteiger partial charge in [0.1, 0.15) is 5.75 Å². The maximum atomic E-state index is 11.8. The molecule has 0 unspecified atom stereocenters. The van der Waals surface area contributed by atoms with Gasteiger partial charge in [0.25, 0.3) is 0 Å². The summed E-state index contributed by atoms with van der Waals surface area (Å²) in [5, 5.41) is 5.91. The van der Waals surface area contributed by atoms with Crippen molar-refractivity contribution in [3.05, 3.63) is 53.3 Å². The van der Waals surface area contributed by atoms with Crippen LogP contribution in [0.1, 0.15) is 18.2 Å². The Morgan fingerprint density at radius 1 is 1.43 bits per heavy atom. The minimum Gasteiger partial charge on any atom is -0.494 e. The molecule has 3 rings (SSSR count). The third-order valence-electron chi connectivity index (χ3n) is 3.08. The summed E-state index contributed by atoms with van der Waals surface area (Å²) in [6.07, 6.45) is 5.56. The van der Waals surface area contributed by atoms with Crippen LogP contribution < -0.4 is 10.2 Å². The van der Waals surface area contributed by atoms with Crippen LogP contribution in [0.15, 0.2) is 47.1 Å². The monoisotopic (exact) mass is 328 g/mol. The SMILES string of the molecule is CCOc1ccc(/C=N/NC(=O)Cc2cn3ccsc3n2)cc1. The highest BCUT2D eigenvalue weighted by Gasteiger charge is 2.07. The second kappa shape index (κ2) is 7.06. The fraction of sp³-hybridized carbons (Fsp3) is 0.188. The molecular weight excluding hydrogens is 312 g/mol. The van der Waals surface area contributed by atoms with Crippen molar-refractivity contribution in [1.29, 1.82) is 0 Å². The largest absolute Gasteiger partial charge is 0.494 e. The number of carbonyl (C=O) groups is 1. The minimum absolute atomic E-state index is 0.196. The van der Waals surface area contributed by atoms with E-state index in [2.05, 4.69) is 15.5 Å².